The third-order valence-electron chi connectivity index (χ3n) is 5.47. The lowest BCUT2D eigenvalue weighted by Crippen LogP contribution is -2.38. The second-order valence-corrected chi connectivity index (χ2v) is 8.74. The van der Waals surface area contributed by atoms with Gasteiger partial charge in [0, 0.05) is 5.69 Å². The standard InChI is InChI=1S/C28H26ClN3O5/c1-3-36-24-15-20(13-22(29)26(24)37-17-19-7-5-4-6-8-19)14-23-27(34)32(28(35)31-23)16-25(33)30-21-11-9-18(2)10-12-21/h4-15H,3,16-17H2,1-2H3,(H,30,33)(H,31,35)/b23-14+. The molecule has 37 heavy (non-hydrogen) atoms. The van der Waals surface area contributed by atoms with Crippen molar-refractivity contribution in [2.24, 2.45) is 0 Å². The Balaban J connectivity index is 1.48. The first-order valence-corrected chi connectivity index (χ1v) is 12.1. The van der Waals surface area contributed by atoms with Gasteiger partial charge in [0.05, 0.1) is 11.6 Å². The number of imide groups is 1. The lowest BCUT2D eigenvalue weighted by atomic mass is 10.1. The van der Waals surface area contributed by atoms with Gasteiger partial charge < -0.3 is 20.1 Å². The Morgan fingerprint density at radius 1 is 1.05 bits per heavy atom. The number of urea groups is 1. The van der Waals surface area contributed by atoms with Crippen molar-refractivity contribution in [3.63, 3.8) is 0 Å². The second kappa shape index (κ2) is 11.6. The van der Waals surface area contributed by atoms with Crippen molar-refractivity contribution in [2.75, 3.05) is 18.5 Å². The van der Waals surface area contributed by atoms with E-state index in [0.717, 1.165) is 16.0 Å². The normalized spacial score (nSPS) is 14.0. The molecule has 0 aromatic heterocycles. The predicted molar refractivity (Wildman–Crippen MR) is 141 cm³/mol. The third-order valence-corrected chi connectivity index (χ3v) is 5.75. The highest BCUT2D eigenvalue weighted by Gasteiger charge is 2.35. The number of carbonyl (C=O) groups is 3. The van der Waals surface area contributed by atoms with Crippen LogP contribution in [0.3, 0.4) is 0 Å². The molecule has 0 saturated carbocycles. The average Bonchev–Trinajstić information content (AvgIpc) is 3.13. The largest absolute Gasteiger partial charge is 0.490 e. The summed E-state index contributed by atoms with van der Waals surface area (Å²) in [6.45, 7) is 4.02. The Morgan fingerprint density at radius 3 is 2.49 bits per heavy atom. The van der Waals surface area contributed by atoms with Gasteiger partial charge in [-0.25, -0.2) is 9.69 Å². The van der Waals surface area contributed by atoms with Crippen LogP contribution in [0.2, 0.25) is 5.02 Å². The Bertz CT molecular complexity index is 1340. The smallest absolute Gasteiger partial charge is 0.329 e. The van der Waals surface area contributed by atoms with Crippen LogP contribution < -0.4 is 20.1 Å². The van der Waals surface area contributed by atoms with E-state index in [1.807, 2.05) is 56.3 Å². The molecule has 0 spiro atoms. The van der Waals surface area contributed by atoms with Gasteiger partial charge >= 0.3 is 6.03 Å². The van der Waals surface area contributed by atoms with Gasteiger partial charge in [-0.3, -0.25) is 9.59 Å². The minimum atomic E-state index is -0.686. The quantitative estimate of drug-likeness (QED) is 0.301. The minimum absolute atomic E-state index is 0.0182. The van der Waals surface area contributed by atoms with Crippen LogP contribution in [0.15, 0.2) is 72.4 Å². The number of anilines is 1. The van der Waals surface area contributed by atoms with Gasteiger partial charge in [0.25, 0.3) is 5.91 Å². The molecule has 1 fully saturated rings. The summed E-state index contributed by atoms with van der Waals surface area (Å²) in [5.41, 5.74) is 3.13. The van der Waals surface area contributed by atoms with Crippen LogP contribution in [-0.4, -0.2) is 35.9 Å². The molecule has 1 aliphatic heterocycles. The third kappa shape index (κ3) is 6.48. The van der Waals surface area contributed by atoms with Crippen molar-refractivity contribution in [1.29, 1.82) is 0 Å². The number of amides is 4. The van der Waals surface area contributed by atoms with Crippen LogP contribution in [0, 0.1) is 6.92 Å². The summed E-state index contributed by atoms with van der Waals surface area (Å²) in [5, 5.41) is 5.49. The summed E-state index contributed by atoms with van der Waals surface area (Å²) in [5.74, 6) is -0.327. The first-order valence-electron chi connectivity index (χ1n) is 11.7. The Kier molecular flexibility index (Phi) is 8.10. The number of nitrogens with zero attached hydrogens (tertiary/aromatic N) is 1. The van der Waals surface area contributed by atoms with Crippen LogP contribution in [0.1, 0.15) is 23.6 Å². The molecule has 190 valence electrons. The molecule has 0 radical (unpaired) electrons. The zero-order valence-corrected chi connectivity index (χ0v) is 21.2. The number of ether oxygens (including phenoxy) is 2. The summed E-state index contributed by atoms with van der Waals surface area (Å²) in [6, 6.07) is 19.4. The molecule has 4 rings (SSSR count). The predicted octanol–water partition coefficient (Wildman–Crippen LogP) is 5.16. The van der Waals surface area contributed by atoms with E-state index in [9.17, 15) is 14.4 Å². The number of halogens is 1. The highest BCUT2D eigenvalue weighted by atomic mass is 35.5. The molecule has 3 aromatic carbocycles. The lowest BCUT2D eigenvalue weighted by molar-refractivity contribution is -0.127. The fourth-order valence-electron chi connectivity index (χ4n) is 3.67. The molecular weight excluding hydrogens is 494 g/mol. The molecule has 0 unspecified atom stereocenters. The van der Waals surface area contributed by atoms with E-state index in [2.05, 4.69) is 10.6 Å². The molecule has 1 aliphatic rings. The summed E-state index contributed by atoms with van der Waals surface area (Å²) in [7, 11) is 0. The van der Waals surface area contributed by atoms with Crippen LogP contribution in [0.5, 0.6) is 11.5 Å². The Morgan fingerprint density at radius 2 is 1.78 bits per heavy atom. The van der Waals surface area contributed by atoms with Crippen molar-refractivity contribution in [3.05, 3.63) is 94.1 Å². The van der Waals surface area contributed by atoms with E-state index in [4.69, 9.17) is 21.1 Å². The van der Waals surface area contributed by atoms with Gasteiger partial charge in [0.2, 0.25) is 5.91 Å². The van der Waals surface area contributed by atoms with Crippen molar-refractivity contribution in [3.8, 4) is 11.5 Å². The minimum Gasteiger partial charge on any atom is -0.490 e. The first kappa shape index (κ1) is 25.8. The van der Waals surface area contributed by atoms with Crippen LogP contribution in [0.4, 0.5) is 10.5 Å². The van der Waals surface area contributed by atoms with E-state index >= 15 is 0 Å². The molecule has 4 amide bonds. The number of aryl methyl sites for hydroxylation is 1. The first-order chi connectivity index (χ1) is 17.8. The van der Waals surface area contributed by atoms with Gasteiger partial charge in [-0.1, -0.05) is 59.6 Å². The molecular formula is C28H26ClN3O5. The number of nitrogens with one attached hydrogen (secondary N) is 2. The van der Waals surface area contributed by atoms with Crippen LogP contribution in [-0.2, 0) is 16.2 Å². The summed E-state index contributed by atoms with van der Waals surface area (Å²) >= 11 is 6.50. The zero-order valence-electron chi connectivity index (χ0n) is 20.4. The second-order valence-electron chi connectivity index (χ2n) is 8.33. The fourth-order valence-corrected chi connectivity index (χ4v) is 3.94. The number of hydrogen-bond acceptors (Lipinski definition) is 5. The number of hydrogen-bond donors (Lipinski definition) is 2. The summed E-state index contributed by atoms with van der Waals surface area (Å²) in [4.78, 5) is 38.6. The Hall–Kier alpha value is -4.30. The topological polar surface area (TPSA) is 97.0 Å². The zero-order chi connectivity index (χ0) is 26.4. The number of rotatable bonds is 9. The van der Waals surface area contributed by atoms with E-state index in [-0.39, 0.29) is 5.70 Å². The van der Waals surface area contributed by atoms with Crippen LogP contribution >= 0.6 is 11.6 Å². The van der Waals surface area contributed by atoms with Crippen molar-refractivity contribution in [1.82, 2.24) is 10.2 Å². The van der Waals surface area contributed by atoms with E-state index in [0.29, 0.717) is 41.0 Å². The molecule has 9 heteroatoms. The molecule has 0 bridgehead atoms. The molecule has 3 aromatic rings. The SMILES string of the molecule is CCOc1cc(/C=C2/NC(=O)N(CC(=O)Nc3ccc(C)cc3)C2=O)cc(Cl)c1OCc1ccccc1. The van der Waals surface area contributed by atoms with E-state index in [1.165, 1.54) is 6.08 Å². The Labute approximate surface area is 219 Å². The van der Waals surface area contributed by atoms with E-state index < -0.39 is 24.4 Å². The molecule has 0 aliphatic carbocycles. The van der Waals surface area contributed by atoms with Gasteiger partial charge in [0.15, 0.2) is 11.5 Å². The molecule has 8 nitrogen and oxygen atoms in total. The van der Waals surface area contributed by atoms with Gasteiger partial charge in [-0.2, -0.15) is 0 Å². The maximum absolute atomic E-state index is 12.9. The molecule has 0 atom stereocenters. The van der Waals surface area contributed by atoms with Crippen molar-refractivity contribution >= 4 is 41.2 Å². The number of benzene rings is 3. The molecule has 2 N–H and O–H groups in total. The maximum Gasteiger partial charge on any atom is 0.329 e. The lowest BCUT2D eigenvalue weighted by Gasteiger charge is -2.15. The summed E-state index contributed by atoms with van der Waals surface area (Å²) < 4.78 is 11.6. The average molecular weight is 520 g/mol. The van der Waals surface area contributed by atoms with Gasteiger partial charge in [0.1, 0.15) is 18.8 Å². The monoisotopic (exact) mass is 519 g/mol. The van der Waals surface area contributed by atoms with Gasteiger partial charge in [-0.15, -0.1) is 0 Å². The maximum atomic E-state index is 12.9. The van der Waals surface area contributed by atoms with Gasteiger partial charge in [-0.05, 0) is 55.3 Å². The van der Waals surface area contributed by atoms with Crippen molar-refractivity contribution < 1.29 is 23.9 Å². The molecule has 1 heterocycles. The highest BCUT2D eigenvalue weighted by molar-refractivity contribution is 6.32. The van der Waals surface area contributed by atoms with Crippen LogP contribution in [0.25, 0.3) is 6.08 Å². The summed E-state index contributed by atoms with van der Waals surface area (Å²) in [6.07, 6.45) is 1.48. The highest BCUT2D eigenvalue weighted by Crippen LogP contribution is 2.38. The fraction of sp³-hybridized carbons (Fsp3) is 0.179. The molecule has 1 saturated heterocycles. The van der Waals surface area contributed by atoms with E-state index in [1.54, 1.807) is 24.3 Å². The van der Waals surface area contributed by atoms with Crippen molar-refractivity contribution in [2.45, 2.75) is 20.5 Å². The number of carbonyl (C=O) groups excluding carboxylic acids is 3.